The largest absolute Gasteiger partial charge is 0.458 e. The number of carbonyl (C=O) groups excluding carboxylic acids is 1. The Morgan fingerprint density at radius 2 is 2.21 bits per heavy atom. The Morgan fingerprint density at radius 1 is 1.50 bits per heavy atom. The molecule has 0 amide bonds. The van der Waals surface area contributed by atoms with Gasteiger partial charge in [0, 0.05) is 20.1 Å². The van der Waals surface area contributed by atoms with Crippen molar-refractivity contribution in [3.63, 3.8) is 0 Å². The first-order chi connectivity index (χ1) is 6.70. The van der Waals surface area contributed by atoms with Crippen molar-refractivity contribution >= 4 is 5.97 Å². The van der Waals surface area contributed by atoms with Crippen LogP contribution in [0.1, 0.15) is 12.8 Å². The highest BCUT2D eigenvalue weighted by Gasteiger charge is 2.46. The van der Waals surface area contributed by atoms with Crippen LogP contribution >= 0.6 is 0 Å². The molecule has 1 heterocycles. The van der Waals surface area contributed by atoms with Gasteiger partial charge < -0.3 is 14.2 Å². The second kappa shape index (κ2) is 3.37. The lowest BCUT2D eigenvalue weighted by atomic mass is 9.82. The number of carbonyl (C=O) groups is 1. The van der Waals surface area contributed by atoms with E-state index >= 15 is 0 Å². The zero-order valence-electron chi connectivity index (χ0n) is 8.36. The summed E-state index contributed by atoms with van der Waals surface area (Å²) in [5, 5.41) is 0. The molecule has 0 spiro atoms. The van der Waals surface area contributed by atoms with Crippen LogP contribution in [-0.2, 0) is 19.0 Å². The third-order valence-corrected chi connectivity index (χ3v) is 2.96. The highest BCUT2D eigenvalue weighted by molar-refractivity contribution is 5.71. The van der Waals surface area contributed by atoms with Crippen LogP contribution in [0.5, 0.6) is 0 Å². The van der Waals surface area contributed by atoms with Crippen molar-refractivity contribution in [2.45, 2.75) is 24.7 Å². The molecule has 0 radical (unpaired) electrons. The molecule has 14 heavy (non-hydrogen) atoms. The minimum absolute atomic E-state index is 0.0637. The summed E-state index contributed by atoms with van der Waals surface area (Å²) in [6, 6.07) is 0. The highest BCUT2D eigenvalue weighted by atomic mass is 16.7. The van der Waals surface area contributed by atoms with Crippen LogP contribution in [0.3, 0.4) is 0 Å². The molecule has 0 saturated carbocycles. The van der Waals surface area contributed by atoms with E-state index in [0.29, 0.717) is 6.42 Å². The van der Waals surface area contributed by atoms with Gasteiger partial charge in [-0.25, -0.2) is 0 Å². The van der Waals surface area contributed by atoms with Gasteiger partial charge in [-0.2, -0.15) is 0 Å². The summed E-state index contributed by atoms with van der Waals surface area (Å²) in [5.41, 5.74) is 0. The number of methoxy groups -OCH3 is 2. The molecule has 0 aromatic rings. The SMILES string of the molecule is COC1(OC)C=CC2CC1CC(=O)O2. The third kappa shape index (κ3) is 1.35. The molecule has 2 bridgehead atoms. The van der Waals surface area contributed by atoms with Gasteiger partial charge in [0.15, 0.2) is 5.79 Å². The Bertz CT molecular complexity index is 267. The number of ether oxygens (including phenoxy) is 3. The molecule has 4 heteroatoms. The Labute approximate surface area is 82.8 Å². The molecule has 2 atom stereocenters. The van der Waals surface area contributed by atoms with Crippen molar-refractivity contribution < 1.29 is 19.0 Å². The smallest absolute Gasteiger partial charge is 0.306 e. The van der Waals surface area contributed by atoms with Gasteiger partial charge in [-0.1, -0.05) is 0 Å². The summed E-state index contributed by atoms with van der Waals surface area (Å²) >= 11 is 0. The number of hydrogen-bond donors (Lipinski definition) is 0. The summed E-state index contributed by atoms with van der Waals surface area (Å²) in [4.78, 5) is 11.2. The van der Waals surface area contributed by atoms with Crippen LogP contribution in [0.4, 0.5) is 0 Å². The molecule has 1 saturated heterocycles. The van der Waals surface area contributed by atoms with Crippen LogP contribution in [-0.4, -0.2) is 32.1 Å². The standard InChI is InChI=1S/C10H14O4/c1-12-10(13-2)4-3-8-5-7(10)6-9(11)14-8/h3-4,7-8H,5-6H2,1-2H3. The van der Waals surface area contributed by atoms with Crippen molar-refractivity contribution in [2.24, 2.45) is 5.92 Å². The third-order valence-electron chi connectivity index (χ3n) is 2.96. The molecule has 2 rings (SSSR count). The topological polar surface area (TPSA) is 44.8 Å². The van der Waals surface area contributed by atoms with Crippen molar-refractivity contribution in [1.82, 2.24) is 0 Å². The van der Waals surface area contributed by atoms with Gasteiger partial charge in [-0.3, -0.25) is 4.79 Å². The Morgan fingerprint density at radius 3 is 2.86 bits per heavy atom. The first-order valence-corrected chi connectivity index (χ1v) is 4.69. The molecule has 1 aliphatic heterocycles. The fraction of sp³-hybridized carbons (Fsp3) is 0.700. The van der Waals surface area contributed by atoms with Crippen LogP contribution < -0.4 is 0 Å². The second-order valence-electron chi connectivity index (χ2n) is 3.65. The molecule has 0 aromatic carbocycles. The van der Waals surface area contributed by atoms with Crippen molar-refractivity contribution in [2.75, 3.05) is 14.2 Å². The summed E-state index contributed by atoms with van der Waals surface area (Å²) in [6.07, 6.45) is 4.73. The van der Waals surface area contributed by atoms with Crippen LogP contribution in [0.2, 0.25) is 0 Å². The predicted octanol–water partition coefficient (Wildman–Crippen LogP) is 0.867. The molecule has 4 nitrogen and oxygen atoms in total. The minimum Gasteiger partial charge on any atom is -0.458 e. The van der Waals surface area contributed by atoms with E-state index in [2.05, 4.69) is 0 Å². The summed E-state index contributed by atoms with van der Waals surface area (Å²) in [6.45, 7) is 0. The lowest BCUT2D eigenvalue weighted by Gasteiger charge is -2.42. The molecule has 0 N–H and O–H groups in total. The maximum Gasteiger partial charge on any atom is 0.306 e. The van der Waals surface area contributed by atoms with Crippen molar-refractivity contribution in [1.29, 1.82) is 0 Å². The zero-order valence-corrected chi connectivity index (χ0v) is 8.36. The molecule has 1 fully saturated rings. The number of esters is 1. The van der Waals surface area contributed by atoms with Crippen molar-refractivity contribution in [3.05, 3.63) is 12.2 Å². The summed E-state index contributed by atoms with van der Waals surface area (Å²) < 4.78 is 15.8. The maximum atomic E-state index is 11.2. The first-order valence-electron chi connectivity index (χ1n) is 4.69. The lowest BCUT2D eigenvalue weighted by Crippen LogP contribution is -2.48. The zero-order chi connectivity index (χ0) is 10.2. The second-order valence-corrected chi connectivity index (χ2v) is 3.65. The monoisotopic (exact) mass is 198 g/mol. The maximum absolute atomic E-state index is 11.2. The molecule has 0 aromatic heterocycles. The average Bonchev–Trinajstić information content (AvgIpc) is 2.19. The van der Waals surface area contributed by atoms with E-state index in [1.165, 1.54) is 0 Å². The number of fused-ring (bicyclic) bond motifs is 2. The van der Waals surface area contributed by atoms with Crippen LogP contribution in [0, 0.1) is 5.92 Å². The number of rotatable bonds is 2. The van der Waals surface area contributed by atoms with Gasteiger partial charge >= 0.3 is 5.97 Å². The Kier molecular flexibility index (Phi) is 2.33. The Balaban J connectivity index is 2.28. The molecular formula is C10H14O4. The van der Waals surface area contributed by atoms with Crippen molar-refractivity contribution in [3.8, 4) is 0 Å². The molecule has 78 valence electrons. The van der Waals surface area contributed by atoms with Gasteiger partial charge in [-0.15, -0.1) is 0 Å². The first kappa shape index (κ1) is 9.68. The van der Waals surface area contributed by atoms with Crippen LogP contribution in [0.15, 0.2) is 12.2 Å². The normalized spacial score (nSPS) is 34.0. The quantitative estimate of drug-likeness (QED) is 0.375. The summed E-state index contributed by atoms with van der Waals surface area (Å²) in [5.74, 6) is -0.849. The lowest BCUT2D eigenvalue weighted by molar-refractivity contribution is -0.227. The van der Waals surface area contributed by atoms with Crippen LogP contribution in [0.25, 0.3) is 0 Å². The van der Waals surface area contributed by atoms with Gasteiger partial charge in [0.2, 0.25) is 0 Å². The average molecular weight is 198 g/mol. The van der Waals surface area contributed by atoms with Gasteiger partial charge in [0.1, 0.15) is 6.10 Å². The van der Waals surface area contributed by atoms with E-state index < -0.39 is 5.79 Å². The van der Waals surface area contributed by atoms with E-state index in [0.717, 1.165) is 6.42 Å². The predicted molar refractivity (Wildman–Crippen MR) is 48.5 cm³/mol. The van der Waals surface area contributed by atoms with Gasteiger partial charge in [0.25, 0.3) is 0 Å². The molecular weight excluding hydrogens is 184 g/mol. The fourth-order valence-corrected chi connectivity index (χ4v) is 2.18. The van der Waals surface area contributed by atoms with Gasteiger partial charge in [-0.05, 0) is 18.6 Å². The van der Waals surface area contributed by atoms with E-state index in [-0.39, 0.29) is 18.0 Å². The van der Waals surface area contributed by atoms with Gasteiger partial charge in [0.05, 0.1) is 6.42 Å². The van der Waals surface area contributed by atoms with E-state index in [1.54, 1.807) is 14.2 Å². The number of hydrogen-bond acceptors (Lipinski definition) is 4. The highest BCUT2D eigenvalue weighted by Crippen LogP contribution is 2.38. The summed E-state index contributed by atoms with van der Waals surface area (Å²) in [7, 11) is 3.18. The molecule has 2 aliphatic rings. The minimum atomic E-state index is -0.740. The van der Waals surface area contributed by atoms with E-state index in [1.807, 2.05) is 12.2 Å². The molecule has 1 aliphatic carbocycles. The van der Waals surface area contributed by atoms with E-state index in [9.17, 15) is 4.79 Å². The fourth-order valence-electron chi connectivity index (χ4n) is 2.18. The van der Waals surface area contributed by atoms with E-state index in [4.69, 9.17) is 14.2 Å². The Hall–Kier alpha value is -0.870. The molecule has 2 unspecified atom stereocenters.